The number of pyridine rings is 2. The number of aromatic nitrogens is 2. The molecule has 0 fully saturated rings. The van der Waals surface area contributed by atoms with E-state index in [1.54, 1.807) is 24.0 Å². The van der Waals surface area contributed by atoms with Crippen molar-refractivity contribution in [3.8, 4) is 11.1 Å². The average molecular weight is 512 g/mol. The number of amides is 2. The highest BCUT2D eigenvalue weighted by molar-refractivity contribution is 7.98. The van der Waals surface area contributed by atoms with Gasteiger partial charge in [0, 0.05) is 51.2 Å². The van der Waals surface area contributed by atoms with Crippen molar-refractivity contribution in [3.05, 3.63) is 70.5 Å². The second kappa shape index (κ2) is 10.1. The van der Waals surface area contributed by atoms with Gasteiger partial charge in [-0.15, -0.1) is 11.8 Å². The van der Waals surface area contributed by atoms with Crippen LogP contribution in [0.25, 0.3) is 22.0 Å². The summed E-state index contributed by atoms with van der Waals surface area (Å²) in [6.45, 7) is 1.93. The van der Waals surface area contributed by atoms with E-state index in [0.717, 1.165) is 32.6 Å². The number of fused-ring (bicyclic) bond motifs is 1. The van der Waals surface area contributed by atoms with Crippen LogP contribution >= 0.6 is 35.0 Å². The Morgan fingerprint density at radius 2 is 1.82 bits per heavy atom. The third-order valence-electron chi connectivity index (χ3n) is 5.20. The Balaban J connectivity index is 1.79. The first-order valence-electron chi connectivity index (χ1n) is 10.4. The predicted octanol–water partition coefficient (Wildman–Crippen LogP) is 7.34. The number of hydrogen-bond acceptors (Lipinski definition) is 5. The molecule has 0 bridgehead atoms. The zero-order chi connectivity index (χ0) is 24.4. The number of thioether (sulfide) groups is 1. The number of anilines is 3. The lowest BCUT2D eigenvalue weighted by molar-refractivity contribution is 0.262. The maximum atomic E-state index is 13.2. The molecular formula is C25H23Cl2N5OS. The maximum absolute atomic E-state index is 13.2. The highest BCUT2D eigenvalue weighted by Crippen LogP contribution is 2.39. The van der Waals surface area contributed by atoms with Gasteiger partial charge in [0.1, 0.15) is 0 Å². The standard InChI is InChI=1S/C25H23Cl2N5OS/c1-14-11-21(34-4)23(24(29-14)32(2)3)31-25(33)30-20-13-28-19-10-9-15(26)12-17(19)22(20)16-7-5-6-8-18(16)27/h5-13H,1-4H3,(H2,30,31,33). The van der Waals surface area contributed by atoms with E-state index in [1.165, 1.54) is 0 Å². The molecule has 2 aromatic carbocycles. The molecule has 0 saturated carbocycles. The fourth-order valence-corrected chi connectivity index (χ4v) is 4.75. The van der Waals surface area contributed by atoms with Crippen molar-refractivity contribution in [2.45, 2.75) is 11.8 Å². The van der Waals surface area contributed by atoms with Crippen LogP contribution in [0.5, 0.6) is 0 Å². The van der Waals surface area contributed by atoms with Gasteiger partial charge in [-0.3, -0.25) is 4.98 Å². The molecule has 0 unspecified atom stereocenters. The van der Waals surface area contributed by atoms with Gasteiger partial charge in [-0.2, -0.15) is 0 Å². The number of urea groups is 1. The molecule has 2 N–H and O–H groups in total. The van der Waals surface area contributed by atoms with Crippen LogP contribution < -0.4 is 15.5 Å². The van der Waals surface area contributed by atoms with Crippen LogP contribution in [0, 0.1) is 6.92 Å². The largest absolute Gasteiger partial charge is 0.361 e. The van der Waals surface area contributed by atoms with Crippen LogP contribution in [-0.4, -0.2) is 36.4 Å². The predicted molar refractivity (Wildman–Crippen MR) is 145 cm³/mol. The van der Waals surface area contributed by atoms with Gasteiger partial charge in [0.15, 0.2) is 5.82 Å². The van der Waals surface area contributed by atoms with E-state index in [1.807, 2.05) is 74.6 Å². The lowest BCUT2D eigenvalue weighted by Gasteiger charge is -2.21. The van der Waals surface area contributed by atoms with E-state index in [-0.39, 0.29) is 0 Å². The van der Waals surface area contributed by atoms with Crippen molar-refractivity contribution < 1.29 is 4.79 Å². The summed E-state index contributed by atoms with van der Waals surface area (Å²) in [5.41, 5.74) is 4.27. The van der Waals surface area contributed by atoms with Crippen LogP contribution in [0.4, 0.5) is 22.0 Å². The van der Waals surface area contributed by atoms with Crippen molar-refractivity contribution in [1.82, 2.24) is 9.97 Å². The van der Waals surface area contributed by atoms with E-state index in [9.17, 15) is 4.79 Å². The minimum Gasteiger partial charge on any atom is -0.361 e. The number of carbonyl (C=O) groups is 1. The first kappa shape index (κ1) is 24.1. The number of hydrogen-bond donors (Lipinski definition) is 2. The molecule has 0 aliphatic carbocycles. The number of benzene rings is 2. The molecule has 34 heavy (non-hydrogen) atoms. The van der Waals surface area contributed by atoms with Crippen molar-refractivity contribution >= 4 is 69.1 Å². The quantitative estimate of drug-likeness (QED) is 0.274. The van der Waals surface area contributed by atoms with E-state index in [2.05, 4.69) is 20.6 Å². The summed E-state index contributed by atoms with van der Waals surface area (Å²) in [7, 11) is 3.78. The van der Waals surface area contributed by atoms with Crippen LogP contribution in [-0.2, 0) is 0 Å². The normalized spacial score (nSPS) is 10.9. The van der Waals surface area contributed by atoms with Crippen LogP contribution in [0.2, 0.25) is 10.0 Å². The molecule has 0 aliphatic heterocycles. The number of nitrogens with zero attached hydrogens (tertiary/aromatic N) is 3. The lowest BCUT2D eigenvalue weighted by Crippen LogP contribution is -2.23. The summed E-state index contributed by atoms with van der Waals surface area (Å²) in [4.78, 5) is 25.1. The highest BCUT2D eigenvalue weighted by Gasteiger charge is 2.19. The summed E-state index contributed by atoms with van der Waals surface area (Å²) in [6, 6.07) is 14.4. The van der Waals surface area contributed by atoms with Crippen LogP contribution in [0.15, 0.2) is 59.6 Å². The fourth-order valence-electron chi connectivity index (χ4n) is 3.71. The molecule has 4 rings (SSSR count). The average Bonchev–Trinajstić information content (AvgIpc) is 2.80. The number of carbonyl (C=O) groups excluding carboxylic acids is 1. The SMILES string of the molecule is CSc1cc(C)nc(N(C)C)c1NC(=O)Nc1cnc2ccc(Cl)cc2c1-c1ccccc1Cl. The monoisotopic (exact) mass is 511 g/mol. The minimum atomic E-state index is -0.416. The maximum Gasteiger partial charge on any atom is 0.323 e. The molecule has 174 valence electrons. The van der Waals surface area contributed by atoms with E-state index in [0.29, 0.717) is 27.2 Å². The number of halogens is 2. The molecule has 0 spiro atoms. The van der Waals surface area contributed by atoms with E-state index < -0.39 is 6.03 Å². The molecule has 0 aliphatic rings. The first-order valence-corrected chi connectivity index (χ1v) is 12.4. The molecule has 2 aromatic heterocycles. The molecule has 0 radical (unpaired) electrons. The third kappa shape index (κ3) is 4.92. The molecular weight excluding hydrogens is 489 g/mol. The topological polar surface area (TPSA) is 70.2 Å². The molecule has 4 aromatic rings. The first-order chi connectivity index (χ1) is 16.3. The van der Waals surface area contributed by atoms with Gasteiger partial charge in [-0.1, -0.05) is 41.4 Å². The fraction of sp³-hybridized carbons (Fsp3) is 0.160. The summed E-state index contributed by atoms with van der Waals surface area (Å²) >= 11 is 14.4. The molecule has 9 heteroatoms. The summed E-state index contributed by atoms with van der Waals surface area (Å²) < 4.78 is 0. The molecule has 0 saturated heterocycles. The molecule has 2 heterocycles. The Hall–Kier alpha value is -3.00. The molecule has 2 amide bonds. The minimum absolute atomic E-state index is 0.416. The molecule has 6 nitrogen and oxygen atoms in total. The second-order valence-corrected chi connectivity index (χ2v) is 9.52. The van der Waals surface area contributed by atoms with Gasteiger partial charge >= 0.3 is 6.03 Å². The summed E-state index contributed by atoms with van der Waals surface area (Å²) in [5.74, 6) is 0.675. The van der Waals surface area contributed by atoms with Crippen molar-refractivity contribution in [2.75, 3.05) is 35.9 Å². The zero-order valence-corrected chi connectivity index (χ0v) is 21.4. The van der Waals surface area contributed by atoms with Gasteiger partial charge in [-0.25, -0.2) is 9.78 Å². The Bertz CT molecular complexity index is 1390. The van der Waals surface area contributed by atoms with Crippen LogP contribution in [0.3, 0.4) is 0 Å². The number of rotatable bonds is 5. The van der Waals surface area contributed by atoms with Crippen LogP contribution in [0.1, 0.15) is 5.69 Å². The van der Waals surface area contributed by atoms with Crippen molar-refractivity contribution in [2.24, 2.45) is 0 Å². The van der Waals surface area contributed by atoms with Crippen molar-refractivity contribution in [1.29, 1.82) is 0 Å². The second-order valence-electron chi connectivity index (χ2n) is 7.83. The Morgan fingerprint density at radius 3 is 2.53 bits per heavy atom. The Kier molecular flexibility index (Phi) is 7.16. The Labute approximate surface area is 212 Å². The van der Waals surface area contributed by atoms with Gasteiger partial charge in [0.05, 0.1) is 23.1 Å². The van der Waals surface area contributed by atoms with Gasteiger partial charge < -0.3 is 15.5 Å². The van der Waals surface area contributed by atoms with Crippen molar-refractivity contribution in [3.63, 3.8) is 0 Å². The number of nitrogens with one attached hydrogen (secondary N) is 2. The number of aryl methyl sites for hydroxylation is 1. The van der Waals surface area contributed by atoms with Gasteiger partial charge in [0.2, 0.25) is 0 Å². The van der Waals surface area contributed by atoms with Gasteiger partial charge in [-0.05, 0) is 43.5 Å². The molecule has 0 atom stereocenters. The Morgan fingerprint density at radius 1 is 1.06 bits per heavy atom. The third-order valence-corrected chi connectivity index (χ3v) is 6.52. The smallest absolute Gasteiger partial charge is 0.323 e. The van der Waals surface area contributed by atoms with E-state index >= 15 is 0 Å². The highest BCUT2D eigenvalue weighted by atomic mass is 35.5. The summed E-state index contributed by atoms with van der Waals surface area (Å²) in [6.07, 6.45) is 3.59. The zero-order valence-electron chi connectivity index (χ0n) is 19.1. The summed E-state index contributed by atoms with van der Waals surface area (Å²) in [5, 5.41) is 7.84. The van der Waals surface area contributed by atoms with E-state index in [4.69, 9.17) is 23.2 Å². The van der Waals surface area contributed by atoms with Gasteiger partial charge in [0.25, 0.3) is 0 Å². The lowest BCUT2D eigenvalue weighted by atomic mass is 9.99.